The van der Waals surface area contributed by atoms with E-state index in [-0.39, 0.29) is 11.9 Å². The van der Waals surface area contributed by atoms with Crippen LogP contribution >= 0.6 is 11.6 Å². The van der Waals surface area contributed by atoms with Crippen LogP contribution in [0.3, 0.4) is 0 Å². The highest BCUT2D eigenvalue weighted by Crippen LogP contribution is 2.32. The van der Waals surface area contributed by atoms with Gasteiger partial charge < -0.3 is 20.4 Å². The molecule has 4 heterocycles. The third kappa shape index (κ3) is 5.10. The molecule has 1 amide bonds. The van der Waals surface area contributed by atoms with Crippen LogP contribution in [0.2, 0.25) is 5.02 Å². The highest BCUT2D eigenvalue weighted by Gasteiger charge is 2.23. The number of fused-ring (bicyclic) bond motifs is 1. The highest BCUT2D eigenvalue weighted by molar-refractivity contribution is 6.33. The van der Waals surface area contributed by atoms with E-state index in [0.717, 1.165) is 30.8 Å². The molecule has 0 fully saturated rings. The molecule has 0 saturated carbocycles. The maximum atomic E-state index is 11.4. The number of ether oxygens (including phenoxy) is 1. The number of pyridine rings is 2. The molecule has 0 saturated heterocycles. The molecule has 1 aliphatic rings. The summed E-state index contributed by atoms with van der Waals surface area (Å²) in [4.78, 5) is 28.2. The fraction of sp³-hybridized carbons (Fsp3) is 0.259. The first-order chi connectivity index (χ1) is 17.3. The molecular formula is C27H27ClN6O2. The van der Waals surface area contributed by atoms with Gasteiger partial charge in [-0.1, -0.05) is 41.9 Å². The second-order valence-corrected chi connectivity index (χ2v) is 9.69. The van der Waals surface area contributed by atoms with E-state index in [0.29, 0.717) is 27.6 Å². The van der Waals surface area contributed by atoms with Crippen molar-refractivity contribution in [2.75, 3.05) is 13.1 Å². The lowest BCUT2D eigenvalue weighted by molar-refractivity contribution is -0.120. The van der Waals surface area contributed by atoms with Crippen molar-refractivity contribution in [1.82, 2.24) is 30.6 Å². The number of aromatic amines is 1. The van der Waals surface area contributed by atoms with Gasteiger partial charge >= 0.3 is 6.01 Å². The van der Waals surface area contributed by atoms with Gasteiger partial charge in [-0.05, 0) is 56.1 Å². The zero-order valence-electron chi connectivity index (χ0n) is 20.4. The van der Waals surface area contributed by atoms with E-state index in [4.69, 9.17) is 16.3 Å². The fourth-order valence-corrected chi connectivity index (χ4v) is 4.56. The largest absolute Gasteiger partial charge is 0.424 e. The summed E-state index contributed by atoms with van der Waals surface area (Å²) < 4.78 is 5.87. The normalized spacial score (nSPS) is 13.9. The van der Waals surface area contributed by atoms with Gasteiger partial charge in [-0.2, -0.15) is 4.98 Å². The Labute approximate surface area is 214 Å². The number of halogens is 1. The Morgan fingerprint density at radius 2 is 1.89 bits per heavy atom. The van der Waals surface area contributed by atoms with Crippen LogP contribution < -0.4 is 15.4 Å². The number of amides is 1. The van der Waals surface area contributed by atoms with Crippen molar-refractivity contribution in [3.8, 4) is 23.0 Å². The van der Waals surface area contributed by atoms with Crippen molar-refractivity contribution in [2.24, 2.45) is 0 Å². The first-order valence-corrected chi connectivity index (χ1v) is 12.2. The van der Waals surface area contributed by atoms with Crippen LogP contribution in [-0.4, -0.2) is 38.9 Å². The van der Waals surface area contributed by atoms with Crippen LogP contribution in [0, 0.1) is 0 Å². The van der Waals surface area contributed by atoms with Crippen LogP contribution in [0.4, 0.5) is 0 Å². The van der Waals surface area contributed by atoms with E-state index in [1.807, 2.05) is 32.0 Å². The first-order valence-electron chi connectivity index (χ1n) is 11.8. The standard InChI is InChI=1S/C27H27ClN6O2/c1-16(35)34-27(2,3)23-9-8-20(15-30-23)36-26-31-22-14-21(28)24(32-25(22)33-26)19-6-4-17(5-7-19)18-10-12-29-13-11-18/h4-10,14-15,29H,11-13H2,1-3H3,(H,34,35)(H,31,32,33). The molecule has 0 unspecified atom stereocenters. The lowest BCUT2D eigenvalue weighted by Crippen LogP contribution is -2.40. The molecule has 3 aromatic heterocycles. The topological polar surface area (TPSA) is 105 Å². The molecule has 0 aliphatic carbocycles. The van der Waals surface area contributed by atoms with E-state index < -0.39 is 5.54 Å². The molecule has 184 valence electrons. The van der Waals surface area contributed by atoms with Gasteiger partial charge in [-0.3, -0.25) is 9.78 Å². The summed E-state index contributed by atoms with van der Waals surface area (Å²) in [6.07, 6.45) is 4.84. The number of aromatic nitrogens is 4. The molecule has 5 rings (SSSR count). The minimum absolute atomic E-state index is 0.120. The summed E-state index contributed by atoms with van der Waals surface area (Å²) in [6.45, 7) is 7.16. The molecule has 9 heteroatoms. The van der Waals surface area contributed by atoms with Crippen molar-refractivity contribution in [3.63, 3.8) is 0 Å². The number of carbonyl (C=O) groups is 1. The number of hydrogen-bond acceptors (Lipinski definition) is 6. The van der Waals surface area contributed by atoms with Gasteiger partial charge in [0.05, 0.1) is 33.7 Å². The Balaban J connectivity index is 1.35. The molecule has 36 heavy (non-hydrogen) atoms. The number of rotatable bonds is 6. The molecule has 3 N–H and O–H groups in total. The van der Waals surface area contributed by atoms with Crippen LogP contribution in [-0.2, 0) is 10.3 Å². The fourth-order valence-electron chi connectivity index (χ4n) is 4.30. The minimum Gasteiger partial charge on any atom is -0.424 e. The van der Waals surface area contributed by atoms with Gasteiger partial charge in [0.1, 0.15) is 5.75 Å². The SMILES string of the molecule is CC(=O)NC(C)(C)c1ccc(Oc2nc3nc(-c4ccc(C5=CCNCC5)cc4)c(Cl)cc3[nH]2)cn1. The Morgan fingerprint density at radius 3 is 2.56 bits per heavy atom. The number of hydrogen-bond donors (Lipinski definition) is 3. The first kappa shape index (κ1) is 24.0. The molecule has 0 radical (unpaired) electrons. The quantitative estimate of drug-likeness (QED) is 0.334. The van der Waals surface area contributed by atoms with Gasteiger partial charge in [0.15, 0.2) is 5.65 Å². The van der Waals surface area contributed by atoms with Gasteiger partial charge in [-0.15, -0.1) is 0 Å². The second kappa shape index (κ2) is 9.72. The predicted octanol–water partition coefficient (Wildman–Crippen LogP) is 5.21. The Bertz CT molecular complexity index is 1440. The number of imidazole rings is 1. The Kier molecular flexibility index (Phi) is 6.47. The van der Waals surface area contributed by atoms with Crippen molar-refractivity contribution < 1.29 is 9.53 Å². The summed E-state index contributed by atoms with van der Waals surface area (Å²) in [5.74, 6) is 0.385. The summed E-state index contributed by atoms with van der Waals surface area (Å²) in [5, 5.41) is 6.74. The van der Waals surface area contributed by atoms with E-state index in [2.05, 4.69) is 48.8 Å². The zero-order chi connectivity index (χ0) is 25.3. The smallest absolute Gasteiger partial charge is 0.301 e. The molecule has 0 bridgehead atoms. The van der Waals surface area contributed by atoms with Crippen LogP contribution in [0.1, 0.15) is 38.4 Å². The lowest BCUT2D eigenvalue weighted by Gasteiger charge is -2.24. The van der Waals surface area contributed by atoms with Crippen molar-refractivity contribution in [1.29, 1.82) is 0 Å². The third-order valence-corrected chi connectivity index (χ3v) is 6.37. The van der Waals surface area contributed by atoms with Gasteiger partial charge in [0, 0.05) is 19.0 Å². The summed E-state index contributed by atoms with van der Waals surface area (Å²) >= 11 is 6.58. The van der Waals surface area contributed by atoms with Gasteiger partial charge in [0.25, 0.3) is 0 Å². The van der Waals surface area contributed by atoms with Gasteiger partial charge in [-0.25, -0.2) is 4.98 Å². The van der Waals surface area contributed by atoms with Crippen LogP contribution in [0.5, 0.6) is 11.8 Å². The molecule has 4 aromatic rings. The minimum atomic E-state index is -0.594. The number of benzene rings is 1. The monoisotopic (exact) mass is 502 g/mol. The molecule has 1 aliphatic heterocycles. The van der Waals surface area contributed by atoms with Crippen molar-refractivity contribution in [3.05, 3.63) is 71.0 Å². The third-order valence-electron chi connectivity index (χ3n) is 6.08. The maximum absolute atomic E-state index is 11.4. The Hall–Kier alpha value is -3.75. The van der Waals surface area contributed by atoms with Gasteiger partial charge in [0.2, 0.25) is 5.91 Å². The summed E-state index contributed by atoms with van der Waals surface area (Å²) in [6, 6.07) is 14.0. The highest BCUT2D eigenvalue weighted by atomic mass is 35.5. The summed E-state index contributed by atoms with van der Waals surface area (Å²) in [5.41, 5.74) is 5.46. The maximum Gasteiger partial charge on any atom is 0.301 e. The average molecular weight is 503 g/mol. The number of nitrogens with zero attached hydrogens (tertiary/aromatic N) is 3. The zero-order valence-corrected chi connectivity index (χ0v) is 21.1. The number of carbonyl (C=O) groups excluding carboxylic acids is 1. The van der Waals surface area contributed by atoms with Crippen LogP contribution in [0.25, 0.3) is 28.0 Å². The van der Waals surface area contributed by atoms with Crippen molar-refractivity contribution >= 4 is 34.2 Å². The average Bonchev–Trinajstić information content (AvgIpc) is 3.24. The van der Waals surface area contributed by atoms with Crippen LogP contribution in [0.15, 0.2) is 54.7 Å². The molecule has 1 aromatic carbocycles. The van der Waals surface area contributed by atoms with Crippen molar-refractivity contribution in [2.45, 2.75) is 32.7 Å². The lowest BCUT2D eigenvalue weighted by atomic mass is 9.98. The predicted molar refractivity (Wildman–Crippen MR) is 141 cm³/mol. The second-order valence-electron chi connectivity index (χ2n) is 9.28. The molecular weight excluding hydrogens is 476 g/mol. The van der Waals surface area contributed by atoms with E-state index >= 15 is 0 Å². The molecule has 0 spiro atoms. The number of nitrogens with one attached hydrogen (secondary N) is 3. The Morgan fingerprint density at radius 1 is 1.11 bits per heavy atom. The molecule has 8 nitrogen and oxygen atoms in total. The summed E-state index contributed by atoms with van der Waals surface area (Å²) in [7, 11) is 0. The van der Waals surface area contributed by atoms with E-state index in [1.54, 1.807) is 18.3 Å². The molecule has 0 atom stereocenters. The van der Waals surface area contributed by atoms with E-state index in [9.17, 15) is 4.79 Å². The van der Waals surface area contributed by atoms with E-state index in [1.165, 1.54) is 18.1 Å². The number of H-pyrrole nitrogens is 1.